The lowest BCUT2D eigenvalue weighted by Crippen LogP contribution is -2.48. The fourth-order valence-corrected chi connectivity index (χ4v) is 5.71. The molecule has 2 aromatic carbocycles. The van der Waals surface area contributed by atoms with Crippen molar-refractivity contribution in [3.63, 3.8) is 0 Å². The van der Waals surface area contributed by atoms with E-state index in [-0.39, 0.29) is 50.3 Å². The van der Waals surface area contributed by atoms with E-state index in [9.17, 15) is 4.79 Å². The van der Waals surface area contributed by atoms with Crippen LogP contribution in [0.25, 0.3) is 10.9 Å². The second-order valence-corrected chi connectivity index (χ2v) is 11.5. The summed E-state index contributed by atoms with van der Waals surface area (Å²) in [7, 11) is 0. The Morgan fingerprint density at radius 2 is 1.86 bits per heavy atom. The molecule has 0 spiro atoms. The number of para-hydroxylation sites is 1. The minimum atomic E-state index is -1.59. The van der Waals surface area contributed by atoms with E-state index in [4.69, 9.17) is 14.2 Å². The molecule has 2 atom stereocenters. The van der Waals surface area contributed by atoms with Crippen LogP contribution in [0.5, 0.6) is 5.75 Å². The van der Waals surface area contributed by atoms with Crippen LogP contribution in [0.2, 0.25) is 0 Å². The van der Waals surface area contributed by atoms with Gasteiger partial charge in [-0.15, -0.1) is 0 Å². The topological polar surface area (TPSA) is 76.7 Å². The number of aromatic amines is 1. The molecule has 0 unspecified atom stereocenters. The van der Waals surface area contributed by atoms with Crippen LogP contribution in [0.1, 0.15) is 61.8 Å². The van der Waals surface area contributed by atoms with Gasteiger partial charge < -0.3 is 19.2 Å². The molecule has 3 heterocycles. The molecule has 5 rings (SSSR count). The monoisotopic (exact) mass is 595 g/mol. The van der Waals surface area contributed by atoms with Gasteiger partial charge in [0.15, 0.2) is 0 Å². The highest BCUT2D eigenvalue weighted by atomic mass is 19.1. The van der Waals surface area contributed by atoms with E-state index in [1.54, 1.807) is 25.3 Å². The maximum Gasteiger partial charge on any atom is 0.332 e. The van der Waals surface area contributed by atoms with Crippen molar-refractivity contribution >= 4 is 16.9 Å². The Morgan fingerprint density at radius 1 is 1.12 bits per heavy atom. The number of nitrogens with zero attached hydrogens (tertiary/aromatic N) is 2. The first-order chi connectivity index (χ1) is 20.5. The SMILES string of the molecule is CCOC(=O)COCc1ccnc(COc2cc(F)c([C@@H]3c4[nH]c5ccccc5c4C[C@@H](C)N3CC(C)(C)F)c(F)c2)c1. The second-order valence-electron chi connectivity index (χ2n) is 11.5. The van der Waals surface area contributed by atoms with Gasteiger partial charge in [0.05, 0.1) is 24.9 Å². The van der Waals surface area contributed by atoms with Gasteiger partial charge in [0.2, 0.25) is 0 Å². The smallest absolute Gasteiger partial charge is 0.332 e. The first-order valence-electron chi connectivity index (χ1n) is 14.4. The standard InChI is InChI=1S/C33H36F3N3O4/c1-5-42-29(40)18-41-16-21-10-11-37-22(13-21)17-43-23-14-26(34)30(27(35)15-23)32-31-25(24-8-6-7-9-28(24)38-31)12-20(2)39(32)19-33(3,4)36/h6-11,13-15,20,32,38H,5,12,16-19H2,1-4H3/t20-,32-/m1/s1. The maximum atomic E-state index is 15.9. The summed E-state index contributed by atoms with van der Waals surface area (Å²) in [6.45, 7) is 6.83. The summed E-state index contributed by atoms with van der Waals surface area (Å²) >= 11 is 0. The van der Waals surface area contributed by atoms with Gasteiger partial charge in [0.25, 0.3) is 0 Å². The van der Waals surface area contributed by atoms with E-state index in [1.807, 2.05) is 36.1 Å². The number of pyridine rings is 1. The third kappa shape index (κ3) is 7.02. The molecular weight excluding hydrogens is 559 g/mol. The fourth-order valence-electron chi connectivity index (χ4n) is 5.71. The summed E-state index contributed by atoms with van der Waals surface area (Å²) in [5.74, 6) is -2.01. The predicted molar refractivity (Wildman–Crippen MR) is 156 cm³/mol. The van der Waals surface area contributed by atoms with Crippen LogP contribution < -0.4 is 4.74 Å². The Kier molecular flexibility index (Phi) is 9.08. The fraction of sp³-hybridized carbons (Fsp3) is 0.394. The lowest BCUT2D eigenvalue weighted by Gasteiger charge is -2.43. The van der Waals surface area contributed by atoms with Crippen molar-refractivity contribution in [2.75, 3.05) is 19.8 Å². The van der Waals surface area contributed by atoms with E-state index in [0.717, 1.165) is 34.2 Å². The molecule has 0 fully saturated rings. The Hall–Kier alpha value is -3.89. The lowest BCUT2D eigenvalue weighted by molar-refractivity contribution is -0.148. The van der Waals surface area contributed by atoms with Crippen molar-refractivity contribution < 1.29 is 32.2 Å². The minimum absolute atomic E-state index is 0.00242. The van der Waals surface area contributed by atoms with Crippen molar-refractivity contribution in [3.05, 3.63) is 94.4 Å². The van der Waals surface area contributed by atoms with Crippen LogP contribution >= 0.6 is 0 Å². The summed E-state index contributed by atoms with van der Waals surface area (Å²) in [5.41, 5.74) is 2.04. The van der Waals surface area contributed by atoms with Gasteiger partial charge >= 0.3 is 5.97 Å². The van der Waals surface area contributed by atoms with Crippen LogP contribution in [0.3, 0.4) is 0 Å². The molecule has 0 amide bonds. The molecule has 0 bridgehead atoms. The van der Waals surface area contributed by atoms with Crippen LogP contribution in [0.4, 0.5) is 13.2 Å². The van der Waals surface area contributed by atoms with Crippen molar-refractivity contribution in [2.45, 2.75) is 65.1 Å². The number of alkyl halides is 1. The third-order valence-electron chi connectivity index (χ3n) is 7.46. The highest BCUT2D eigenvalue weighted by molar-refractivity contribution is 5.85. The van der Waals surface area contributed by atoms with Crippen LogP contribution in [-0.2, 0) is 33.9 Å². The molecule has 228 valence electrons. The van der Waals surface area contributed by atoms with E-state index in [1.165, 1.54) is 13.8 Å². The summed E-state index contributed by atoms with van der Waals surface area (Å²) < 4.78 is 62.8. The third-order valence-corrected chi connectivity index (χ3v) is 7.46. The lowest BCUT2D eigenvalue weighted by atomic mass is 9.87. The molecule has 2 aromatic heterocycles. The summed E-state index contributed by atoms with van der Waals surface area (Å²) in [6.07, 6.45) is 2.19. The number of H-pyrrole nitrogens is 1. The number of ether oxygens (including phenoxy) is 3. The van der Waals surface area contributed by atoms with Gasteiger partial charge in [0.1, 0.15) is 36.3 Å². The number of nitrogens with one attached hydrogen (secondary N) is 1. The van der Waals surface area contributed by atoms with Crippen LogP contribution in [0.15, 0.2) is 54.7 Å². The zero-order valence-corrected chi connectivity index (χ0v) is 24.8. The van der Waals surface area contributed by atoms with Gasteiger partial charge in [-0.2, -0.15) is 0 Å². The molecule has 0 radical (unpaired) electrons. The number of fused-ring (bicyclic) bond motifs is 3. The molecule has 0 aliphatic carbocycles. The Morgan fingerprint density at radius 3 is 2.58 bits per heavy atom. The summed E-state index contributed by atoms with van der Waals surface area (Å²) in [6, 6.07) is 12.5. The average Bonchev–Trinajstić information content (AvgIpc) is 3.31. The number of rotatable bonds is 11. The van der Waals surface area contributed by atoms with Crippen LogP contribution in [0, 0.1) is 11.6 Å². The van der Waals surface area contributed by atoms with E-state index in [0.29, 0.717) is 17.8 Å². The summed E-state index contributed by atoms with van der Waals surface area (Å²) in [5, 5.41) is 0.996. The molecule has 43 heavy (non-hydrogen) atoms. The Bertz CT molecular complexity index is 1580. The number of aromatic nitrogens is 2. The van der Waals surface area contributed by atoms with Gasteiger partial charge in [-0.05, 0) is 63.4 Å². The molecule has 1 aliphatic rings. The van der Waals surface area contributed by atoms with Gasteiger partial charge in [-0.3, -0.25) is 9.88 Å². The molecule has 7 nitrogen and oxygen atoms in total. The number of carbonyl (C=O) groups is 1. The van der Waals surface area contributed by atoms with Gasteiger partial charge in [-0.25, -0.2) is 18.0 Å². The van der Waals surface area contributed by atoms with Crippen molar-refractivity contribution in [2.24, 2.45) is 0 Å². The number of hydrogen-bond donors (Lipinski definition) is 1. The van der Waals surface area contributed by atoms with Gasteiger partial charge in [0, 0.05) is 53.1 Å². The van der Waals surface area contributed by atoms with Gasteiger partial charge in [-0.1, -0.05) is 18.2 Å². The molecule has 10 heteroatoms. The highest BCUT2D eigenvalue weighted by Crippen LogP contribution is 2.43. The van der Waals surface area contributed by atoms with Crippen molar-refractivity contribution in [1.29, 1.82) is 0 Å². The number of carbonyl (C=O) groups excluding carboxylic acids is 1. The Balaban J connectivity index is 1.39. The summed E-state index contributed by atoms with van der Waals surface area (Å²) in [4.78, 5) is 20.9. The number of benzene rings is 2. The van der Waals surface area contributed by atoms with E-state index < -0.39 is 29.3 Å². The van der Waals surface area contributed by atoms with E-state index >= 15 is 13.2 Å². The predicted octanol–water partition coefficient (Wildman–Crippen LogP) is 6.58. The largest absolute Gasteiger partial charge is 0.487 e. The highest BCUT2D eigenvalue weighted by Gasteiger charge is 2.41. The zero-order valence-electron chi connectivity index (χ0n) is 24.8. The second kappa shape index (κ2) is 12.8. The van der Waals surface area contributed by atoms with Crippen molar-refractivity contribution in [3.8, 4) is 5.75 Å². The molecule has 1 aliphatic heterocycles. The first kappa shape index (κ1) is 30.6. The molecule has 4 aromatic rings. The molecule has 0 saturated heterocycles. The Labute approximate surface area is 249 Å². The normalized spacial score (nSPS) is 17.2. The maximum absolute atomic E-state index is 15.9. The van der Waals surface area contributed by atoms with E-state index in [2.05, 4.69) is 9.97 Å². The zero-order chi connectivity index (χ0) is 30.7. The minimum Gasteiger partial charge on any atom is -0.487 e. The van der Waals surface area contributed by atoms with Crippen molar-refractivity contribution in [1.82, 2.24) is 14.9 Å². The van der Waals surface area contributed by atoms with Crippen LogP contribution in [-0.4, -0.2) is 52.3 Å². The number of hydrogen-bond acceptors (Lipinski definition) is 6. The number of esters is 1. The average molecular weight is 596 g/mol. The number of halogens is 3. The molecular formula is C33H36F3N3O4. The molecule has 0 saturated carbocycles. The first-order valence-corrected chi connectivity index (χ1v) is 14.4. The molecule has 1 N–H and O–H groups in total. The quantitative estimate of drug-likeness (QED) is 0.197.